The zero-order valence-corrected chi connectivity index (χ0v) is 16.4. The third-order valence-corrected chi connectivity index (χ3v) is 4.61. The Morgan fingerprint density at radius 1 is 1.20 bits per heavy atom. The van der Waals surface area contributed by atoms with Crippen LogP contribution in [0.2, 0.25) is 0 Å². The summed E-state index contributed by atoms with van der Waals surface area (Å²) < 4.78 is 14.8. The molecule has 0 saturated carbocycles. The van der Waals surface area contributed by atoms with Gasteiger partial charge in [0.15, 0.2) is 0 Å². The van der Waals surface area contributed by atoms with Crippen LogP contribution in [0.4, 0.5) is 10.1 Å². The summed E-state index contributed by atoms with van der Waals surface area (Å²) in [4.78, 5) is 22.9. The molecule has 8 nitrogen and oxygen atoms in total. The monoisotopic (exact) mass is 412 g/mol. The molecule has 0 aliphatic rings. The molecule has 1 amide bonds. The van der Waals surface area contributed by atoms with E-state index in [0.717, 1.165) is 0 Å². The van der Waals surface area contributed by atoms with Gasteiger partial charge in [-0.3, -0.25) is 14.9 Å². The summed E-state index contributed by atoms with van der Waals surface area (Å²) in [5, 5.41) is 28.0. The number of rotatable bonds is 7. The number of halogens is 1. The topological polar surface area (TPSA) is 110 Å². The summed E-state index contributed by atoms with van der Waals surface area (Å²) in [5.41, 5.74) is 2.01. The van der Waals surface area contributed by atoms with Gasteiger partial charge in [0.25, 0.3) is 11.6 Å². The first-order valence-electron chi connectivity index (χ1n) is 9.32. The van der Waals surface area contributed by atoms with Gasteiger partial charge in [0.1, 0.15) is 5.82 Å². The highest BCUT2D eigenvalue weighted by atomic mass is 19.1. The Morgan fingerprint density at radius 2 is 1.83 bits per heavy atom. The quantitative estimate of drug-likeness (QED) is 0.456. The highest BCUT2D eigenvalue weighted by Crippen LogP contribution is 2.24. The molecule has 0 fully saturated rings. The van der Waals surface area contributed by atoms with E-state index in [2.05, 4.69) is 10.4 Å². The number of aromatic nitrogens is 2. The van der Waals surface area contributed by atoms with Crippen LogP contribution in [0.3, 0.4) is 0 Å². The van der Waals surface area contributed by atoms with Crippen molar-refractivity contribution >= 4 is 11.6 Å². The van der Waals surface area contributed by atoms with Gasteiger partial charge in [0.05, 0.1) is 34.2 Å². The first-order chi connectivity index (χ1) is 14.3. The second-order valence-electron chi connectivity index (χ2n) is 7.06. The zero-order valence-electron chi connectivity index (χ0n) is 16.4. The number of benzene rings is 2. The molecule has 1 aromatic heterocycles. The Kier molecular flexibility index (Phi) is 6.22. The van der Waals surface area contributed by atoms with Crippen LogP contribution in [-0.2, 0) is 0 Å². The minimum atomic E-state index is -1.02. The number of nitrogens with one attached hydrogen (secondary N) is 1. The van der Waals surface area contributed by atoms with Crippen LogP contribution < -0.4 is 5.32 Å². The molecule has 3 aromatic rings. The summed E-state index contributed by atoms with van der Waals surface area (Å²) in [6.45, 7) is 3.76. The molecule has 1 heterocycles. The third kappa shape index (κ3) is 4.52. The van der Waals surface area contributed by atoms with Crippen molar-refractivity contribution in [2.45, 2.75) is 25.9 Å². The Morgan fingerprint density at radius 3 is 2.40 bits per heavy atom. The van der Waals surface area contributed by atoms with E-state index in [0.29, 0.717) is 22.5 Å². The van der Waals surface area contributed by atoms with E-state index in [1.165, 1.54) is 42.6 Å². The Hall–Kier alpha value is -3.59. The molecule has 9 heteroatoms. The predicted molar refractivity (Wildman–Crippen MR) is 108 cm³/mol. The molecule has 0 aliphatic heterocycles. The van der Waals surface area contributed by atoms with Gasteiger partial charge in [-0.25, -0.2) is 9.07 Å². The standard InChI is InChI=1S/C21H21FN4O4/c1-13(2)20-18(11-24-25(20)16-9-5-15(22)6-10-16)21(28)23-12-19(27)14-3-7-17(8-4-14)26(29)30/h3-11,13,19,27H,12H2,1-2H3,(H,23,28)/t19-/m1/s1. The lowest BCUT2D eigenvalue weighted by molar-refractivity contribution is -0.384. The van der Waals surface area contributed by atoms with Crippen molar-refractivity contribution in [3.05, 3.63) is 87.5 Å². The van der Waals surface area contributed by atoms with E-state index in [1.54, 1.807) is 16.8 Å². The molecular weight excluding hydrogens is 391 g/mol. The van der Waals surface area contributed by atoms with Crippen LogP contribution in [0.15, 0.2) is 54.7 Å². The fourth-order valence-corrected chi connectivity index (χ4v) is 3.10. The number of carbonyl (C=O) groups is 1. The van der Waals surface area contributed by atoms with Crippen molar-refractivity contribution in [1.82, 2.24) is 15.1 Å². The van der Waals surface area contributed by atoms with E-state index in [-0.39, 0.29) is 24.0 Å². The molecule has 0 spiro atoms. The summed E-state index contributed by atoms with van der Waals surface area (Å²) >= 11 is 0. The molecule has 30 heavy (non-hydrogen) atoms. The normalized spacial score (nSPS) is 12.0. The van der Waals surface area contributed by atoms with Crippen molar-refractivity contribution in [2.24, 2.45) is 0 Å². The SMILES string of the molecule is CC(C)c1c(C(=O)NC[C@@H](O)c2ccc([N+](=O)[O-])cc2)cnn1-c1ccc(F)cc1. The number of aliphatic hydroxyl groups excluding tert-OH is 1. The first-order valence-corrected chi connectivity index (χ1v) is 9.32. The zero-order chi connectivity index (χ0) is 21.8. The molecule has 0 unspecified atom stereocenters. The number of nitro benzene ring substituents is 1. The highest BCUT2D eigenvalue weighted by Gasteiger charge is 2.21. The molecular formula is C21H21FN4O4. The van der Waals surface area contributed by atoms with Gasteiger partial charge < -0.3 is 10.4 Å². The average molecular weight is 412 g/mol. The number of aliphatic hydroxyl groups is 1. The summed E-state index contributed by atoms with van der Waals surface area (Å²) in [6, 6.07) is 11.3. The number of non-ortho nitro benzene ring substituents is 1. The lowest BCUT2D eigenvalue weighted by Crippen LogP contribution is -2.29. The second kappa shape index (κ2) is 8.83. The minimum Gasteiger partial charge on any atom is -0.387 e. The Balaban J connectivity index is 1.75. The maximum atomic E-state index is 13.2. The fraction of sp³-hybridized carbons (Fsp3) is 0.238. The van der Waals surface area contributed by atoms with Crippen molar-refractivity contribution in [2.75, 3.05) is 6.54 Å². The molecule has 2 N–H and O–H groups in total. The molecule has 156 valence electrons. The number of carbonyl (C=O) groups excluding carboxylic acids is 1. The number of hydrogen-bond donors (Lipinski definition) is 2. The maximum absolute atomic E-state index is 13.2. The minimum absolute atomic E-state index is 0.0436. The lowest BCUT2D eigenvalue weighted by Gasteiger charge is -2.15. The molecule has 0 saturated heterocycles. The maximum Gasteiger partial charge on any atom is 0.269 e. The van der Waals surface area contributed by atoms with Gasteiger partial charge in [-0.2, -0.15) is 5.10 Å². The van der Waals surface area contributed by atoms with Gasteiger partial charge in [-0.1, -0.05) is 13.8 Å². The van der Waals surface area contributed by atoms with Gasteiger partial charge in [0, 0.05) is 18.7 Å². The highest BCUT2D eigenvalue weighted by molar-refractivity contribution is 5.95. The number of hydrogen-bond acceptors (Lipinski definition) is 5. The van der Waals surface area contributed by atoms with E-state index in [9.17, 15) is 24.4 Å². The van der Waals surface area contributed by atoms with Crippen molar-refractivity contribution < 1.29 is 19.2 Å². The molecule has 1 atom stereocenters. The molecule has 0 bridgehead atoms. The average Bonchev–Trinajstić information content (AvgIpc) is 3.18. The lowest BCUT2D eigenvalue weighted by atomic mass is 10.0. The van der Waals surface area contributed by atoms with Crippen molar-refractivity contribution in [3.63, 3.8) is 0 Å². The molecule has 3 rings (SSSR count). The fourth-order valence-electron chi connectivity index (χ4n) is 3.10. The van der Waals surface area contributed by atoms with Crippen LogP contribution in [0.25, 0.3) is 5.69 Å². The third-order valence-electron chi connectivity index (χ3n) is 4.61. The molecule has 0 aliphatic carbocycles. The van der Waals surface area contributed by atoms with E-state index in [1.807, 2.05) is 13.8 Å². The van der Waals surface area contributed by atoms with Crippen LogP contribution in [0.5, 0.6) is 0 Å². The Bertz CT molecular complexity index is 1050. The van der Waals surface area contributed by atoms with Crippen LogP contribution >= 0.6 is 0 Å². The summed E-state index contributed by atoms with van der Waals surface area (Å²) in [5.74, 6) is -0.818. The largest absolute Gasteiger partial charge is 0.387 e. The van der Waals surface area contributed by atoms with Crippen molar-refractivity contribution in [3.8, 4) is 5.69 Å². The van der Waals surface area contributed by atoms with E-state index in [4.69, 9.17) is 0 Å². The second-order valence-corrected chi connectivity index (χ2v) is 7.06. The van der Waals surface area contributed by atoms with Crippen LogP contribution in [-0.4, -0.2) is 32.3 Å². The molecule has 0 radical (unpaired) electrons. The first kappa shape index (κ1) is 21.1. The van der Waals surface area contributed by atoms with Crippen LogP contribution in [0.1, 0.15) is 47.5 Å². The predicted octanol–water partition coefficient (Wildman–Crippen LogP) is 3.51. The summed E-state index contributed by atoms with van der Waals surface area (Å²) in [7, 11) is 0. The smallest absolute Gasteiger partial charge is 0.269 e. The van der Waals surface area contributed by atoms with E-state index < -0.39 is 16.9 Å². The van der Waals surface area contributed by atoms with Gasteiger partial charge >= 0.3 is 0 Å². The van der Waals surface area contributed by atoms with Gasteiger partial charge in [-0.15, -0.1) is 0 Å². The van der Waals surface area contributed by atoms with Crippen LogP contribution in [0, 0.1) is 15.9 Å². The summed E-state index contributed by atoms with van der Waals surface area (Å²) in [6.07, 6.45) is 0.413. The molecule has 2 aromatic carbocycles. The Labute approximate surface area is 172 Å². The van der Waals surface area contributed by atoms with E-state index >= 15 is 0 Å². The van der Waals surface area contributed by atoms with Gasteiger partial charge in [0.2, 0.25) is 0 Å². The number of nitrogens with zero attached hydrogens (tertiary/aromatic N) is 3. The number of nitro groups is 1. The number of amides is 1. The van der Waals surface area contributed by atoms with Crippen molar-refractivity contribution in [1.29, 1.82) is 0 Å². The van der Waals surface area contributed by atoms with Gasteiger partial charge in [-0.05, 0) is 47.9 Å².